The zero-order valence-electron chi connectivity index (χ0n) is 14.9. The van der Waals surface area contributed by atoms with Crippen LogP contribution in [0.2, 0.25) is 0 Å². The zero-order chi connectivity index (χ0) is 19.0. The van der Waals surface area contributed by atoms with E-state index >= 15 is 0 Å². The molecule has 3 aromatic rings. The molecule has 0 aliphatic heterocycles. The number of aryl methyl sites for hydroxylation is 1. The summed E-state index contributed by atoms with van der Waals surface area (Å²) in [6, 6.07) is 8.70. The summed E-state index contributed by atoms with van der Waals surface area (Å²) >= 11 is 1.60. The van der Waals surface area contributed by atoms with E-state index < -0.39 is 0 Å². The molecule has 27 heavy (non-hydrogen) atoms. The van der Waals surface area contributed by atoms with Gasteiger partial charge in [0, 0.05) is 10.6 Å². The number of anilines is 1. The Labute approximate surface area is 160 Å². The maximum absolute atomic E-state index is 12.9. The van der Waals surface area contributed by atoms with Gasteiger partial charge in [-0.05, 0) is 48.9 Å². The summed E-state index contributed by atoms with van der Waals surface area (Å²) in [5, 5.41) is 12.3. The van der Waals surface area contributed by atoms with Crippen LogP contribution in [0.25, 0.3) is 10.2 Å². The second kappa shape index (κ2) is 6.97. The maximum Gasteiger partial charge on any atom is 0.262 e. The lowest BCUT2D eigenvalue weighted by molar-refractivity contribution is -0.116. The van der Waals surface area contributed by atoms with Gasteiger partial charge < -0.3 is 5.32 Å². The highest BCUT2D eigenvalue weighted by atomic mass is 32.1. The molecule has 2 aromatic heterocycles. The molecule has 0 spiro atoms. The average Bonchev–Trinajstić information content (AvgIpc) is 3.02. The highest BCUT2D eigenvalue weighted by molar-refractivity contribution is 7.18. The van der Waals surface area contributed by atoms with Gasteiger partial charge in [0.15, 0.2) is 0 Å². The van der Waals surface area contributed by atoms with Crippen LogP contribution in [0, 0.1) is 17.2 Å². The number of rotatable bonds is 3. The van der Waals surface area contributed by atoms with Crippen molar-refractivity contribution >= 4 is 33.1 Å². The number of amides is 1. The quantitative estimate of drug-likeness (QED) is 0.759. The number of carbonyl (C=O) groups excluding carboxylic acids is 1. The van der Waals surface area contributed by atoms with E-state index in [1.807, 2.05) is 6.07 Å². The Kier molecular flexibility index (Phi) is 4.50. The molecule has 1 amide bonds. The van der Waals surface area contributed by atoms with Crippen molar-refractivity contribution < 1.29 is 4.79 Å². The first-order chi connectivity index (χ1) is 13.0. The molecule has 0 bridgehead atoms. The number of aromatic nitrogens is 2. The Bertz CT molecular complexity index is 1140. The Morgan fingerprint density at radius 2 is 2.33 bits per heavy atom. The molecule has 2 heterocycles. The van der Waals surface area contributed by atoms with Crippen LogP contribution in [-0.2, 0) is 24.2 Å². The van der Waals surface area contributed by atoms with Crippen LogP contribution in [-0.4, -0.2) is 15.5 Å². The van der Waals surface area contributed by atoms with Crippen LogP contribution in [0.1, 0.15) is 29.3 Å². The van der Waals surface area contributed by atoms with E-state index in [0.717, 1.165) is 29.7 Å². The number of thiophene rings is 1. The van der Waals surface area contributed by atoms with Crippen molar-refractivity contribution in [3.8, 4) is 6.07 Å². The fraction of sp³-hybridized carbons (Fsp3) is 0.300. The predicted octanol–water partition coefficient (Wildman–Crippen LogP) is 3.09. The van der Waals surface area contributed by atoms with Crippen LogP contribution < -0.4 is 10.9 Å². The van der Waals surface area contributed by atoms with Gasteiger partial charge in [-0.25, -0.2) is 4.98 Å². The van der Waals surface area contributed by atoms with Crippen molar-refractivity contribution in [3.05, 3.63) is 57.0 Å². The van der Waals surface area contributed by atoms with Crippen molar-refractivity contribution in [3.63, 3.8) is 0 Å². The summed E-state index contributed by atoms with van der Waals surface area (Å²) in [5.74, 6) is 0.300. The minimum Gasteiger partial charge on any atom is -0.324 e. The van der Waals surface area contributed by atoms with Crippen molar-refractivity contribution in [1.29, 1.82) is 5.26 Å². The third kappa shape index (κ3) is 3.36. The van der Waals surface area contributed by atoms with Crippen LogP contribution in [0.15, 0.2) is 35.4 Å². The van der Waals surface area contributed by atoms with Crippen LogP contribution in [0.4, 0.5) is 5.69 Å². The normalized spacial score (nSPS) is 15.9. The molecule has 1 aliphatic rings. The third-order valence-electron chi connectivity index (χ3n) is 4.87. The van der Waals surface area contributed by atoms with Gasteiger partial charge in [-0.3, -0.25) is 14.2 Å². The second-order valence-corrected chi connectivity index (χ2v) is 8.03. The molecule has 1 atom stereocenters. The molecule has 136 valence electrons. The van der Waals surface area contributed by atoms with Gasteiger partial charge in [-0.15, -0.1) is 11.3 Å². The van der Waals surface area contributed by atoms with E-state index in [1.54, 1.807) is 35.6 Å². The number of nitriles is 1. The van der Waals surface area contributed by atoms with Crippen molar-refractivity contribution in [2.24, 2.45) is 5.92 Å². The summed E-state index contributed by atoms with van der Waals surface area (Å²) in [6.07, 6.45) is 4.40. The Morgan fingerprint density at radius 3 is 3.15 bits per heavy atom. The molecule has 4 rings (SSSR count). The van der Waals surface area contributed by atoms with Crippen LogP contribution in [0.5, 0.6) is 0 Å². The number of fused-ring (bicyclic) bond motifs is 3. The molecule has 0 radical (unpaired) electrons. The number of nitrogens with one attached hydrogen (secondary N) is 1. The first-order valence-corrected chi connectivity index (χ1v) is 9.66. The molecule has 6 nitrogen and oxygen atoms in total. The fourth-order valence-electron chi connectivity index (χ4n) is 3.50. The highest BCUT2D eigenvalue weighted by Crippen LogP contribution is 2.35. The van der Waals surface area contributed by atoms with Gasteiger partial charge in [0.1, 0.15) is 11.4 Å². The minimum absolute atomic E-state index is 0.112. The molecule has 0 fully saturated rings. The molecule has 1 N–H and O–H groups in total. The van der Waals surface area contributed by atoms with Crippen LogP contribution in [0.3, 0.4) is 0 Å². The molecule has 0 saturated carbocycles. The van der Waals surface area contributed by atoms with E-state index in [1.165, 1.54) is 15.8 Å². The molecule has 0 saturated heterocycles. The van der Waals surface area contributed by atoms with Gasteiger partial charge in [0.2, 0.25) is 5.91 Å². The van der Waals surface area contributed by atoms with Crippen molar-refractivity contribution in [2.45, 2.75) is 32.7 Å². The topological polar surface area (TPSA) is 87.8 Å². The highest BCUT2D eigenvalue weighted by Gasteiger charge is 2.23. The first-order valence-electron chi connectivity index (χ1n) is 8.85. The van der Waals surface area contributed by atoms with E-state index in [-0.39, 0.29) is 18.0 Å². The lowest BCUT2D eigenvalue weighted by atomic mass is 9.89. The Hall–Kier alpha value is -2.98. The molecule has 1 aliphatic carbocycles. The summed E-state index contributed by atoms with van der Waals surface area (Å²) in [5.41, 5.74) is 1.95. The molecular formula is C20H18N4O2S. The number of hydrogen-bond donors (Lipinski definition) is 1. The lowest BCUT2D eigenvalue weighted by Gasteiger charge is -2.17. The van der Waals surface area contributed by atoms with Crippen LogP contribution >= 0.6 is 11.3 Å². The van der Waals surface area contributed by atoms with Gasteiger partial charge in [0.05, 0.1) is 23.3 Å². The number of hydrogen-bond acceptors (Lipinski definition) is 5. The number of carbonyl (C=O) groups is 1. The van der Waals surface area contributed by atoms with Crippen molar-refractivity contribution in [2.75, 3.05) is 5.32 Å². The van der Waals surface area contributed by atoms with E-state index in [9.17, 15) is 9.59 Å². The third-order valence-corrected chi connectivity index (χ3v) is 6.03. The molecule has 0 unspecified atom stereocenters. The smallest absolute Gasteiger partial charge is 0.262 e. The number of benzene rings is 1. The van der Waals surface area contributed by atoms with E-state index in [4.69, 9.17) is 5.26 Å². The van der Waals surface area contributed by atoms with E-state index in [0.29, 0.717) is 22.6 Å². The maximum atomic E-state index is 12.9. The Balaban J connectivity index is 1.60. The summed E-state index contributed by atoms with van der Waals surface area (Å²) in [7, 11) is 0. The van der Waals surface area contributed by atoms with Gasteiger partial charge in [0.25, 0.3) is 5.56 Å². The second-order valence-electron chi connectivity index (χ2n) is 6.95. The largest absolute Gasteiger partial charge is 0.324 e. The van der Waals surface area contributed by atoms with Gasteiger partial charge in [-0.1, -0.05) is 13.0 Å². The predicted molar refractivity (Wildman–Crippen MR) is 105 cm³/mol. The lowest BCUT2D eigenvalue weighted by Crippen LogP contribution is -2.28. The standard InChI is InChI=1S/C20H18N4O2S/c1-12-5-6-15-16(7-12)27-19-18(15)20(26)24(11-22-19)10-17(25)23-14-4-2-3-13(8-14)9-21/h2-4,8,11-12H,5-7,10H2,1H3,(H,23,25)/t12-/m0/s1. The number of nitrogens with zero attached hydrogens (tertiary/aromatic N) is 3. The molecule has 1 aromatic carbocycles. The minimum atomic E-state index is -0.328. The molecule has 7 heteroatoms. The summed E-state index contributed by atoms with van der Waals surface area (Å²) in [6.45, 7) is 2.12. The molecular weight excluding hydrogens is 360 g/mol. The summed E-state index contributed by atoms with van der Waals surface area (Å²) < 4.78 is 1.36. The fourth-order valence-corrected chi connectivity index (χ4v) is 4.84. The van der Waals surface area contributed by atoms with Gasteiger partial charge >= 0.3 is 0 Å². The van der Waals surface area contributed by atoms with Gasteiger partial charge in [-0.2, -0.15) is 5.26 Å². The Morgan fingerprint density at radius 1 is 1.48 bits per heavy atom. The first kappa shape index (κ1) is 17.4. The van der Waals surface area contributed by atoms with Crippen molar-refractivity contribution in [1.82, 2.24) is 9.55 Å². The summed E-state index contributed by atoms with van der Waals surface area (Å²) in [4.78, 5) is 31.7. The van der Waals surface area contributed by atoms with E-state index in [2.05, 4.69) is 17.2 Å². The zero-order valence-corrected chi connectivity index (χ0v) is 15.7. The SMILES string of the molecule is C[C@H]1CCc2c(sc3ncn(CC(=O)Nc4cccc(C#N)c4)c(=O)c23)C1. The monoisotopic (exact) mass is 378 g/mol. The average molecular weight is 378 g/mol.